The summed E-state index contributed by atoms with van der Waals surface area (Å²) in [6.45, 7) is 2.63. The third kappa shape index (κ3) is 6.13. The second kappa shape index (κ2) is 10.7. The lowest BCUT2D eigenvalue weighted by Gasteiger charge is -2.24. The smallest absolute Gasteiger partial charge is 0.417 e. The molecular formula is C24H24ClF3N6O3. The van der Waals surface area contributed by atoms with Crippen molar-refractivity contribution in [3.8, 4) is 11.4 Å². The van der Waals surface area contributed by atoms with E-state index in [0.29, 0.717) is 30.4 Å². The predicted octanol–water partition coefficient (Wildman–Crippen LogP) is 3.93. The summed E-state index contributed by atoms with van der Waals surface area (Å²) >= 11 is 5.63. The monoisotopic (exact) mass is 536 g/mol. The van der Waals surface area contributed by atoms with E-state index in [9.17, 15) is 22.8 Å². The van der Waals surface area contributed by atoms with Gasteiger partial charge in [-0.1, -0.05) is 11.6 Å². The molecule has 1 aliphatic rings. The Hall–Kier alpha value is -3.80. The molecule has 1 fully saturated rings. The molecule has 37 heavy (non-hydrogen) atoms. The second-order valence-electron chi connectivity index (χ2n) is 8.39. The van der Waals surface area contributed by atoms with E-state index in [-0.39, 0.29) is 31.1 Å². The molecule has 2 aromatic carbocycles. The Morgan fingerprint density at radius 1 is 1.16 bits per heavy atom. The summed E-state index contributed by atoms with van der Waals surface area (Å²) in [7, 11) is 1.55. The van der Waals surface area contributed by atoms with Crippen molar-refractivity contribution in [1.29, 1.82) is 0 Å². The molecule has 0 unspecified atom stereocenters. The van der Waals surface area contributed by atoms with Gasteiger partial charge in [0.1, 0.15) is 23.6 Å². The van der Waals surface area contributed by atoms with Crippen molar-refractivity contribution in [1.82, 2.24) is 19.7 Å². The highest BCUT2D eigenvalue weighted by molar-refractivity contribution is 6.31. The van der Waals surface area contributed by atoms with Gasteiger partial charge < -0.3 is 19.9 Å². The van der Waals surface area contributed by atoms with Crippen molar-refractivity contribution in [2.45, 2.75) is 19.5 Å². The molecule has 0 radical (unpaired) electrons. The third-order valence-corrected chi connectivity index (χ3v) is 6.19. The van der Waals surface area contributed by atoms with Crippen molar-refractivity contribution in [2.24, 2.45) is 0 Å². The van der Waals surface area contributed by atoms with E-state index in [1.807, 2.05) is 23.1 Å². The SMILES string of the molecule is COc1cc(N2CCC(=O)N(CC(=O)Nc3ccc(Cl)c(C(F)(F)F)c3)CC2)ccc1-n1cnc(C)n1. The fourth-order valence-corrected chi connectivity index (χ4v) is 4.23. The highest BCUT2D eigenvalue weighted by atomic mass is 35.5. The van der Waals surface area contributed by atoms with Crippen molar-refractivity contribution in [3.63, 3.8) is 0 Å². The zero-order valence-corrected chi connectivity index (χ0v) is 20.8. The van der Waals surface area contributed by atoms with Gasteiger partial charge in [0.05, 0.1) is 24.2 Å². The van der Waals surface area contributed by atoms with Crippen molar-refractivity contribution in [3.05, 3.63) is 59.1 Å². The first-order valence-electron chi connectivity index (χ1n) is 11.3. The van der Waals surface area contributed by atoms with Gasteiger partial charge in [0, 0.05) is 43.5 Å². The zero-order chi connectivity index (χ0) is 26.7. The second-order valence-corrected chi connectivity index (χ2v) is 8.79. The van der Waals surface area contributed by atoms with E-state index >= 15 is 0 Å². The summed E-state index contributed by atoms with van der Waals surface area (Å²) in [4.78, 5) is 32.7. The normalized spacial score (nSPS) is 14.5. The number of hydrogen-bond acceptors (Lipinski definition) is 6. The number of hydrogen-bond donors (Lipinski definition) is 1. The van der Waals surface area contributed by atoms with Crippen LogP contribution in [0.1, 0.15) is 17.8 Å². The van der Waals surface area contributed by atoms with Crippen LogP contribution in [0.5, 0.6) is 5.75 Å². The highest BCUT2D eigenvalue weighted by Crippen LogP contribution is 2.36. The molecule has 2 amide bonds. The minimum atomic E-state index is -4.66. The topological polar surface area (TPSA) is 92.6 Å². The Morgan fingerprint density at radius 2 is 1.95 bits per heavy atom. The number of amides is 2. The molecule has 2 heterocycles. The number of halogens is 4. The van der Waals surface area contributed by atoms with Crippen LogP contribution in [0, 0.1) is 6.92 Å². The highest BCUT2D eigenvalue weighted by Gasteiger charge is 2.33. The number of rotatable bonds is 6. The summed E-state index contributed by atoms with van der Waals surface area (Å²) in [5.74, 6) is 0.367. The fraction of sp³-hybridized carbons (Fsp3) is 0.333. The molecule has 13 heteroatoms. The number of carbonyl (C=O) groups is 2. The van der Waals surface area contributed by atoms with E-state index in [0.717, 1.165) is 17.8 Å². The van der Waals surface area contributed by atoms with Crippen LogP contribution in [-0.2, 0) is 15.8 Å². The minimum absolute atomic E-state index is 0.0552. The van der Waals surface area contributed by atoms with E-state index in [1.54, 1.807) is 25.0 Å². The molecule has 1 aromatic heterocycles. The lowest BCUT2D eigenvalue weighted by Crippen LogP contribution is -2.39. The number of aromatic nitrogens is 3. The van der Waals surface area contributed by atoms with Gasteiger partial charge >= 0.3 is 6.18 Å². The molecule has 1 aliphatic heterocycles. The Labute approximate surface area is 215 Å². The molecule has 9 nitrogen and oxygen atoms in total. The van der Waals surface area contributed by atoms with Crippen LogP contribution >= 0.6 is 11.6 Å². The number of nitrogens with zero attached hydrogens (tertiary/aromatic N) is 5. The van der Waals surface area contributed by atoms with E-state index in [1.165, 1.54) is 11.0 Å². The Kier molecular flexibility index (Phi) is 7.58. The van der Waals surface area contributed by atoms with Crippen LogP contribution in [0.2, 0.25) is 5.02 Å². The van der Waals surface area contributed by atoms with Crippen LogP contribution in [0.3, 0.4) is 0 Å². The number of carbonyl (C=O) groups excluding carboxylic acids is 2. The Balaban J connectivity index is 1.42. The third-order valence-electron chi connectivity index (χ3n) is 5.86. The first-order valence-corrected chi connectivity index (χ1v) is 11.7. The molecule has 0 spiro atoms. The molecule has 0 atom stereocenters. The largest absolute Gasteiger partial charge is 0.494 e. The van der Waals surface area contributed by atoms with Gasteiger partial charge in [-0.3, -0.25) is 9.59 Å². The summed E-state index contributed by atoms with van der Waals surface area (Å²) < 4.78 is 46.4. The first-order chi connectivity index (χ1) is 17.5. The molecule has 3 aromatic rings. The van der Waals surface area contributed by atoms with Gasteiger partial charge in [0.2, 0.25) is 11.8 Å². The van der Waals surface area contributed by atoms with Crippen LogP contribution in [0.25, 0.3) is 5.69 Å². The lowest BCUT2D eigenvalue weighted by molar-refractivity contribution is -0.137. The summed E-state index contributed by atoms with van der Waals surface area (Å²) in [5.41, 5.74) is 0.443. The van der Waals surface area contributed by atoms with Gasteiger partial charge in [-0.25, -0.2) is 9.67 Å². The molecule has 0 bridgehead atoms. The van der Waals surface area contributed by atoms with Crippen LogP contribution in [-0.4, -0.2) is 64.8 Å². The molecule has 196 valence electrons. The maximum Gasteiger partial charge on any atom is 0.417 e. The average molecular weight is 537 g/mol. The van der Waals surface area contributed by atoms with Gasteiger partial charge in [-0.05, 0) is 37.3 Å². The number of alkyl halides is 3. The molecule has 1 saturated heterocycles. The van der Waals surface area contributed by atoms with Crippen molar-refractivity contribution < 1.29 is 27.5 Å². The Morgan fingerprint density at radius 3 is 2.62 bits per heavy atom. The molecular weight excluding hydrogens is 513 g/mol. The number of anilines is 2. The van der Waals surface area contributed by atoms with Gasteiger partial charge in [0.25, 0.3) is 0 Å². The summed E-state index contributed by atoms with van der Waals surface area (Å²) in [6, 6.07) is 8.70. The molecule has 0 saturated carbocycles. The average Bonchev–Trinajstić information content (AvgIpc) is 3.20. The van der Waals surface area contributed by atoms with E-state index < -0.39 is 22.7 Å². The van der Waals surface area contributed by atoms with Crippen LogP contribution in [0.15, 0.2) is 42.7 Å². The molecule has 0 aliphatic carbocycles. The van der Waals surface area contributed by atoms with Crippen LogP contribution < -0.4 is 15.0 Å². The summed E-state index contributed by atoms with van der Waals surface area (Å²) in [6.07, 6.45) is -2.90. The standard InChI is InChI=1S/C24H24ClF3N6O3/c1-15-29-14-34(31-15)20-6-4-17(12-21(20)37-2)32-8-7-23(36)33(10-9-32)13-22(35)30-16-3-5-19(25)18(11-16)24(26,27)28/h3-6,11-12,14H,7-10,13H2,1-2H3,(H,30,35). The Bertz CT molecular complexity index is 1310. The number of benzene rings is 2. The summed E-state index contributed by atoms with van der Waals surface area (Å²) in [5, 5.41) is 6.26. The number of methoxy groups -OCH3 is 1. The minimum Gasteiger partial charge on any atom is -0.494 e. The van der Waals surface area contributed by atoms with Crippen molar-refractivity contribution in [2.75, 3.05) is 43.5 Å². The number of ether oxygens (including phenoxy) is 1. The van der Waals surface area contributed by atoms with Gasteiger partial charge in [0.15, 0.2) is 0 Å². The van der Waals surface area contributed by atoms with Crippen LogP contribution in [0.4, 0.5) is 24.5 Å². The van der Waals surface area contributed by atoms with Gasteiger partial charge in [-0.2, -0.15) is 18.3 Å². The zero-order valence-electron chi connectivity index (χ0n) is 20.0. The molecule has 1 N–H and O–H groups in total. The first kappa shape index (κ1) is 26.3. The van der Waals surface area contributed by atoms with Crippen molar-refractivity contribution >= 4 is 34.8 Å². The maximum atomic E-state index is 13.1. The van der Waals surface area contributed by atoms with Gasteiger partial charge in [-0.15, -0.1) is 0 Å². The lowest BCUT2D eigenvalue weighted by atomic mass is 10.2. The predicted molar refractivity (Wildman–Crippen MR) is 131 cm³/mol. The molecule has 4 rings (SSSR count). The van der Waals surface area contributed by atoms with E-state index in [4.69, 9.17) is 16.3 Å². The number of nitrogens with one attached hydrogen (secondary N) is 1. The fourth-order valence-electron chi connectivity index (χ4n) is 4.00. The van der Waals surface area contributed by atoms with E-state index in [2.05, 4.69) is 15.4 Å². The number of aryl methyl sites for hydroxylation is 1. The quantitative estimate of drug-likeness (QED) is 0.513. The maximum absolute atomic E-state index is 13.1.